The van der Waals surface area contributed by atoms with Gasteiger partial charge in [0, 0.05) is 55.8 Å². The first-order chi connectivity index (χ1) is 16.0. The van der Waals surface area contributed by atoms with Crippen molar-refractivity contribution in [1.29, 1.82) is 0 Å². The van der Waals surface area contributed by atoms with Crippen LogP contribution in [0.4, 0.5) is 5.69 Å². The monoisotopic (exact) mass is 439 g/mol. The van der Waals surface area contributed by atoms with Crippen LogP contribution in [-0.4, -0.2) is 35.0 Å². The molecule has 33 heavy (non-hydrogen) atoms. The minimum atomic E-state index is -0.363. The first-order valence-electron chi connectivity index (χ1n) is 10.6. The van der Waals surface area contributed by atoms with Crippen molar-refractivity contribution in [3.8, 4) is 11.4 Å². The van der Waals surface area contributed by atoms with Crippen molar-refractivity contribution in [3.05, 3.63) is 112 Å². The third kappa shape index (κ3) is 5.51. The van der Waals surface area contributed by atoms with Gasteiger partial charge in [-0.2, -0.15) is 0 Å². The fourth-order valence-corrected chi connectivity index (χ4v) is 3.57. The van der Waals surface area contributed by atoms with Gasteiger partial charge in [0.1, 0.15) is 5.82 Å². The van der Waals surface area contributed by atoms with Crippen LogP contribution in [0.25, 0.3) is 11.4 Å². The molecule has 2 N–H and O–H groups in total. The standard InChI is InChI=1S/C26H25N5O2/c1-31(2)22-12-6-10-19(14-22)26(33)29-23(18-8-4-3-5-9-18)15-21-16-24(32)30-25(28-21)20-11-7-13-27-17-20/h3-14,16-17,23H,15H2,1-2H3,(H,29,33)(H,28,30,32). The number of nitrogens with zero attached hydrogens (tertiary/aromatic N) is 3. The Balaban J connectivity index is 1.64. The first kappa shape index (κ1) is 22.0. The first-order valence-corrected chi connectivity index (χ1v) is 10.6. The summed E-state index contributed by atoms with van der Waals surface area (Å²) in [5.74, 6) is 0.257. The number of carbonyl (C=O) groups excluding carboxylic acids is 1. The minimum Gasteiger partial charge on any atom is -0.378 e. The highest BCUT2D eigenvalue weighted by Gasteiger charge is 2.18. The molecule has 1 unspecified atom stereocenters. The molecule has 7 nitrogen and oxygen atoms in total. The van der Waals surface area contributed by atoms with Gasteiger partial charge in [0.05, 0.1) is 11.7 Å². The van der Waals surface area contributed by atoms with E-state index in [0.29, 0.717) is 23.5 Å². The highest BCUT2D eigenvalue weighted by atomic mass is 16.1. The van der Waals surface area contributed by atoms with Crippen molar-refractivity contribution in [2.24, 2.45) is 0 Å². The summed E-state index contributed by atoms with van der Waals surface area (Å²) in [6.45, 7) is 0. The Bertz CT molecular complexity index is 1290. The summed E-state index contributed by atoms with van der Waals surface area (Å²) in [5, 5.41) is 3.12. The van der Waals surface area contributed by atoms with Crippen molar-refractivity contribution in [2.75, 3.05) is 19.0 Å². The largest absolute Gasteiger partial charge is 0.378 e. The molecule has 4 aromatic rings. The lowest BCUT2D eigenvalue weighted by Gasteiger charge is -2.20. The smallest absolute Gasteiger partial charge is 0.251 e. The number of hydrogen-bond donors (Lipinski definition) is 2. The summed E-state index contributed by atoms with van der Waals surface area (Å²) in [6.07, 6.45) is 3.67. The van der Waals surface area contributed by atoms with Gasteiger partial charge in [-0.15, -0.1) is 0 Å². The van der Waals surface area contributed by atoms with Gasteiger partial charge in [-0.1, -0.05) is 36.4 Å². The summed E-state index contributed by atoms with van der Waals surface area (Å²) < 4.78 is 0. The number of carbonyl (C=O) groups is 1. The van der Waals surface area contributed by atoms with Gasteiger partial charge in [-0.05, 0) is 35.9 Å². The number of hydrogen-bond acceptors (Lipinski definition) is 5. The molecular formula is C26H25N5O2. The van der Waals surface area contributed by atoms with Crippen LogP contribution in [0, 0.1) is 0 Å². The lowest BCUT2D eigenvalue weighted by atomic mass is 10.0. The van der Waals surface area contributed by atoms with Crippen LogP contribution in [0.3, 0.4) is 0 Å². The number of anilines is 1. The van der Waals surface area contributed by atoms with E-state index < -0.39 is 0 Å². The van der Waals surface area contributed by atoms with E-state index in [4.69, 9.17) is 0 Å². The van der Waals surface area contributed by atoms with Crippen molar-refractivity contribution in [3.63, 3.8) is 0 Å². The Morgan fingerprint density at radius 1 is 1.03 bits per heavy atom. The molecule has 166 valence electrons. The molecule has 0 aliphatic carbocycles. The molecule has 0 saturated heterocycles. The van der Waals surface area contributed by atoms with Gasteiger partial charge < -0.3 is 15.2 Å². The van der Waals surface area contributed by atoms with Crippen LogP contribution < -0.4 is 15.8 Å². The SMILES string of the molecule is CN(C)c1cccc(C(=O)NC(Cc2cc(=O)[nH]c(-c3cccnc3)n2)c2ccccc2)c1. The normalized spacial score (nSPS) is 11.6. The molecule has 4 rings (SSSR count). The molecule has 0 radical (unpaired) electrons. The second-order valence-electron chi connectivity index (χ2n) is 7.91. The third-order valence-corrected chi connectivity index (χ3v) is 5.27. The van der Waals surface area contributed by atoms with E-state index in [9.17, 15) is 9.59 Å². The summed E-state index contributed by atoms with van der Waals surface area (Å²) >= 11 is 0. The van der Waals surface area contributed by atoms with E-state index in [1.54, 1.807) is 24.5 Å². The van der Waals surface area contributed by atoms with Crippen LogP contribution in [0.15, 0.2) is 90.0 Å². The molecule has 0 bridgehead atoms. The summed E-state index contributed by atoms with van der Waals surface area (Å²) in [6, 6.07) is 21.9. The van der Waals surface area contributed by atoms with Gasteiger partial charge in [0.2, 0.25) is 0 Å². The van der Waals surface area contributed by atoms with E-state index >= 15 is 0 Å². The molecule has 0 aliphatic rings. The zero-order valence-corrected chi connectivity index (χ0v) is 18.5. The summed E-state index contributed by atoms with van der Waals surface area (Å²) in [7, 11) is 3.87. The van der Waals surface area contributed by atoms with Gasteiger partial charge in [-0.3, -0.25) is 14.6 Å². The fourth-order valence-electron chi connectivity index (χ4n) is 3.57. The molecule has 0 fully saturated rings. The Morgan fingerprint density at radius 3 is 2.58 bits per heavy atom. The predicted octanol–water partition coefficient (Wildman–Crippen LogP) is 3.61. The third-order valence-electron chi connectivity index (χ3n) is 5.27. The molecule has 0 spiro atoms. The van der Waals surface area contributed by atoms with E-state index in [1.165, 1.54) is 6.07 Å². The number of amides is 1. The van der Waals surface area contributed by atoms with E-state index in [1.807, 2.05) is 73.6 Å². The Hall–Kier alpha value is -4.26. The lowest BCUT2D eigenvalue weighted by molar-refractivity contribution is 0.0936. The van der Waals surface area contributed by atoms with Crippen molar-refractivity contribution >= 4 is 11.6 Å². The van der Waals surface area contributed by atoms with Crippen LogP contribution in [0.2, 0.25) is 0 Å². The van der Waals surface area contributed by atoms with Gasteiger partial charge in [-0.25, -0.2) is 4.98 Å². The molecule has 2 aromatic carbocycles. The Labute approximate surface area is 192 Å². The minimum absolute atomic E-state index is 0.190. The summed E-state index contributed by atoms with van der Waals surface area (Å²) in [4.78, 5) is 38.9. The number of aromatic nitrogens is 3. The van der Waals surface area contributed by atoms with Gasteiger partial charge in [0.15, 0.2) is 0 Å². The Morgan fingerprint density at radius 2 is 1.85 bits per heavy atom. The van der Waals surface area contributed by atoms with Crippen LogP contribution in [-0.2, 0) is 6.42 Å². The molecule has 0 aliphatic heterocycles. The van der Waals surface area contributed by atoms with Crippen molar-refractivity contribution in [2.45, 2.75) is 12.5 Å². The quantitative estimate of drug-likeness (QED) is 0.459. The number of nitrogens with one attached hydrogen (secondary N) is 2. The lowest BCUT2D eigenvalue weighted by Crippen LogP contribution is -2.30. The van der Waals surface area contributed by atoms with E-state index in [0.717, 1.165) is 16.8 Å². The average molecular weight is 440 g/mol. The molecular weight excluding hydrogens is 414 g/mol. The maximum atomic E-state index is 13.1. The second-order valence-corrected chi connectivity index (χ2v) is 7.91. The number of aromatic amines is 1. The number of rotatable bonds is 7. The topological polar surface area (TPSA) is 91.0 Å². The molecule has 2 heterocycles. The number of pyridine rings is 1. The molecule has 7 heteroatoms. The fraction of sp³-hybridized carbons (Fsp3) is 0.154. The molecule has 2 aromatic heterocycles. The van der Waals surface area contributed by atoms with Crippen LogP contribution in [0.1, 0.15) is 27.7 Å². The zero-order valence-electron chi connectivity index (χ0n) is 18.5. The maximum Gasteiger partial charge on any atom is 0.251 e. The second kappa shape index (κ2) is 9.91. The van der Waals surface area contributed by atoms with Gasteiger partial charge in [0.25, 0.3) is 11.5 Å². The van der Waals surface area contributed by atoms with E-state index in [2.05, 4.69) is 20.3 Å². The molecule has 0 saturated carbocycles. The van der Waals surface area contributed by atoms with Crippen molar-refractivity contribution in [1.82, 2.24) is 20.3 Å². The number of benzene rings is 2. The zero-order chi connectivity index (χ0) is 23.2. The highest BCUT2D eigenvalue weighted by molar-refractivity contribution is 5.95. The molecule has 1 atom stereocenters. The Kier molecular flexibility index (Phi) is 6.59. The maximum absolute atomic E-state index is 13.1. The average Bonchev–Trinajstić information content (AvgIpc) is 2.84. The predicted molar refractivity (Wildman–Crippen MR) is 129 cm³/mol. The van der Waals surface area contributed by atoms with E-state index in [-0.39, 0.29) is 17.5 Å². The van der Waals surface area contributed by atoms with Crippen LogP contribution >= 0.6 is 0 Å². The van der Waals surface area contributed by atoms with Crippen molar-refractivity contribution < 1.29 is 4.79 Å². The highest BCUT2D eigenvalue weighted by Crippen LogP contribution is 2.20. The molecule has 1 amide bonds. The summed E-state index contributed by atoms with van der Waals surface area (Å²) in [5.41, 5.74) is 3.48. The van der Waals surface area contributed by atoms with Crippen LogP contribution in [0.5, 0.6) is 0 Å². The van der Waals surface area contributed by atoms with Gasteiger partial charge >= 0.3 is 0 Å². The number of H-pyrrole nitrogens is 1.